The SMILES string of the molecule is [CH](Oc1ccccn1)c1ccccc1. The summed E-state index contributed by atoms with van der Waals surface area (Å²) in [5, 5.41) is 0. The molecule has 0 aliphatic carbocycles. The number of benzene rings is 1. The number of ether oxygens (including phenoxy) is 1. The summed E-state index contributed by atoms with van der Waals surface area (Å²) in [5.74, 6) is 0.608. The van der Waals surface area contributed by atoms with Crippen LogP contribution in [0.25, 0.3) is 0 Å². The van der Waals surface area contributed by atoms with E-state index in [1.807, 2.05) is 48.5 Å². The zero-order chi connectivity index (χ0) is 9.64. The Morgan fingerprint density at radius 3 is 2.43 bits per heavy atom. The van der Waals surface area contributed by atoms with E-state index < -0.39 is 0 Å². The molecular formula is C12H10NO. The van der Waals surface area contributed by atoms with Crippen molar-refractivity contribution in [2.75, 3.05) is 0 Å². The molecule has 0 N–H and O–H groups in total. The first-order valence-corrected chi connectivity index (χ1v) is 4.41. The first kappa shape index (κ1) is 8.75. The predicted octanol–water partition coefficient (Wildman–Crippen LogP) is 2.67. The molecule has 0 amide bonds. The third-order valence-electron chi connectivity index (χ3n) is 1.75. The van der Waals surface area contributed by atoms with Crippen LogP contribution >= 0.6 is 0 Å². The van der Waals surface area contributed by atoms with Crippen molar-refractivity contribution in [1.29, 1.82) is 0 Å². The van der Waals surface area contributed by atoms with E-state index in [0.29, 0.717) is 5.88 Å². The number of rotatable bonds is 3. The molecule has 0 spiro atoms. The highest BCUT2D eigenvalue weighted by Gasteiger charge is 1.95. The highest BCUT2D eigenvalue weighted by Crippen LogP contribution is 2.08. The first-order valence-electron chi connectivity index (χ1n) is 4.41. The number of hydrogen-bond donors (Lipinski definition) is 0. The van der Waals surface area contributed by atoms with E-state index in [9.17, 15) is 0 Å². The minimum absolute atomic E-state index is 0.608. The van der Waals surface area contributed by atoms with E-state index in [0.717, 1.165) is 5.56 Å². The van der Waals surface area contributed by atoms with Crippen LogP contribution in [0.5, 0.6) is 5.88 Å². The molecule has 2 aromatic rings. The van der Waals surface area contributed by atoms with Gasteiger partial charge in [-0.1, -0.05) is 36.4 Å². The van der Waals surface area contributed by atoms with Gasteiger partial charge in [0.25, 0.3) is 0 Å². The van der Waals surface area contributed by atoms with Gasteiger partial charge in [0.15, 0.2) is 6.61 Å². The van der Waals surface area contributed by atoms with Crippen molar-refractivity contribution < 1.29 is 4.74 Å². The van der Waals surface area contributed by atoms with Crippen LogP contribution in [0.15, 0.2) is 54.7 Å². The van der Waals surface area contributed by atoms with Crippen LogP contribution in [-0.4, -0.2) is 4.98 Å². The number of nitrogens with zero attached hydrogens (tertiary/aromatic N) is 1. The molecule has 14 heavy (non-hydrogen) atoms. The lowest BCUT2D eigenvalue weighted by Gasteiger charge is -2.02. The summed E-state index contributed by atoms with van der Waals surface area (Å²) in [6.07, 6.45) is 1.70. The van der Waals surface area contributed by atoms with Gasteiger partial charge in [-0.3, -0.25) is 0 Å². The molecule has 0 fully saturated rings. The summed E-state index contributed by atoms with van der Waals surface area (Å²) < 4.78 is 5.36. The largest absolute Gasteiger partial charge is 0.465 e. The predicted molar refractivity (Wildman–Crippen MR) is 54.7 cm³/mol. The van der Waals surface area contributed by atoms with E-state index in [1.165, 1.54) is 0 Å². The van der Waals surface area contributed by atoms with Gasteiger partial charge >= 0.3 is 0 Å². The second kappa shape index (κ2) is 4.42. The van der Waals surface area contributed by atoms with Crippen LogP contribution in [0.1, 0.15) is 5.56 Å². The van der Waals surface area contributed by atoms with E-state index in [-0.39, 0.29) is 0 Å². The van der Waals surface area contributed by atoms with E-state index in [1.54, 1.807) is 12.8 Å². The molecule has 0 aliphatic heterocycles. The average Bonchev–Trinajstić information content (AvgIpc) is 2.29. The van der Waals surface area contributed by atoms with Crippen LogP contribution < -0.4 is 4.74 Å². The Labute approximate surface area is 83.2 Å². The maximum Gasteiger partial charge on any atom is 0.213 e. The van der Waals surface area contributed by atoms with Crippen LogP contribution in [0.3, 0.4) is 0 Å². The average molecular weight is 184 g/mol. The van der Waals surface area contributed by atoms with Crippen molar-refractivity contribution in [2.24, 2.45) is 0 Å². The monoisotopic (exact) mass is 184 g/mol. The van der Waals surface area contributed by atoms with Crippen molar-refractivity contribution in [3.8, 4) is 5.88 Å². The summed E-state index contributed by atoms with van der Waals surface area (Å²) >= 11 is 0. The molecule has 0 saturated carbocycles. The first-order chi connectivity index (χ1) is 6.95. The normalized spacial score (nSPS) is 9.71. The summed E-state index contributed by atoms with van der Waals surface area (Å²) in [4.78, 5) is 4.04. The Morgan fingerprint density at radius 2 is 1.71 bits per heavy atom. The Bertz CT molecular complexity index is 333. The van der Waals surface area contributed by atoms with Crippen LogP contribution in [0.2, 0.25) is 0 Å². The quantitative estimate of drug-likeness (QED) is 0.731. The lowest BCUT2D eigenvalue weighted by atomic mass is 10.2. The minimum Gasteiger partial charge on any atom is -0.465 e. The van der Waals surface area contributed by atoms with Crippen molar-refractivity contribution in [1.82, 2.24) is 4.98 Å². The fraction of sp³-hybridized carbons (Fsp3) is 0. The van der Waals surface area contributed by atoms with Gasteiger partial charge in [0.1, 0.15) is 0 Å². The molecule has 0 atom stereocenters. The highest BCUT2D eigenvalue weighted by molar-refractivity contribution is 5.22. The fourth-order valence-electron chi connectivity index (χ4n) is 1.08. The third kappa shape index (κ3) is 2.33. The second-order valence-corrected chi connectivity index (χ2v) is 2.81. The van der Waals surface area contributed by atoms with Gasteiger partial charge < -0.3 is 4.74 Å². The van der Waals surface area contributed by atoms with Crippen molar-refractivity contribution in [2.45, 2.75) is 0 Å². The van der Waals surface area contributed by atoms with E-state index in [2.05, 4.69) is 4.98 Å². The molecule has 1 radical (unpaired) electrons. The molecule has 0 saturated heterocycles. The molecule has 1 aromatic carbocycles. The molecule has 1 heterocycles. The molecule has 69 valence electrons. The van der Waals surface area contributed by atoms with E-state index >= 15 is 0 Å². The summed E-state index contributed by atoms with van der Waals surface area (Å²) in [6.45, 7) is 1.68. The molecular weight excluding hydrogens is 174 g/mol. The highest BCUT2D eigenvalue weighted by atomic mass is 16.5. The lowest BCUT2D eigenvalue weighted by Crippen LogP contribution is -1.93. The van der Waals surface area contributed by atoms with Gasteiger partial charge in [-0.05, 0) is 11.6 Å². The molecule has 2 nitrogen and oxygen atoms in total. The summed E-state index contributed by atoms with van der Waals surface area (Å²) in [5.41, 5.74) is 1.03. The lowest BCUT2D eigenvalue weighted by molar-refractivity contribution is 0.411. The Morgan fingerprint density at radius 1 is 0.929 bits per heavy atom. The molecule has 0 unspecified atom stereocenters. The van der Waals surface area contributed by atoms with Gasteiger partial charge in [-0.2, -0.15) is 0 Å². The van der Waals surface area contributed by atoms with Crippen LogP contribution in [0.4, 0.5) is 0 Å². The second-order valence-electron chi connectivity index (χ2n) is 2.81. The zero-order valence-electron chi connectivity index (χ0n) is 7.63. The van der Waals surface area contributed by atoms with Gasteiger partial charge in [-0.15, -0.1) is 0 Å². The number of aromatic nitrogens is 1. The molecule has 1 aromatic heterocycles. The maximum absolute atomic E-state index is 5.36. The Balaban J connectivity index is 1.96. The van der Waals surface area contributed by atoms with Crippen molar-refractivity contribution in [3.05, 3.63) is 66.9 Å². The minimum atomic E-state index is 0.608. The summed E-state index contributed by atoms with van der Waals surface area (Å²) in [7, 11) is 0. The molecule has 0 bridgehead atoms. The fourth-order valence-corrected chi connectivity index (χ4v) is 1.08. The molecule has 0 aliphatic rings. The Hall–Kier alpha value is -1.83. The van der Waals surface area contributed by atoms with Gasteiger partial charge in [0.2, 0.25) is 5.88 Å². The van der Waals surface area contributed by atoms with Gasteiger partial charge in [0, 0.05) is 12.3 Å². The van der Waals surface area contributed by atoms with Crippen LogP contribution in [0, 0.1) is 6.61 Å². The molecule has 2 heteroatoms. The van der Waals surface area contributed by atoms with Gasteiger partial charge in [0.05, 0.1) is 0 Å². The van der Waals surface area contributed by atoms with Crippen molar-refractivity contribution in [3.63, 3.8) is 0 Å². The van der Waals surface area contributed by atoms with Crippen LogP contribution in [-0.2, 0) is 0 Å². The smallest absolute Gasteiger partial charge is 0.213 e. The third-order valence-corrected chi connectivity index (χ3v) is 1.75. The van der Waals surface area contributed by atoms with E-state index in [4.69, 9.17) is 4.74 Å². The summed E-state index contributed by atoms with van der Waals surface area (Å²) in [6, 6.07) is 15.4. The maximum atomic E-state index is 5.36. The topological polar surface area (TPSA) is 22.1 Å². The Kier molecular flexibility index (Phi) is 2.76. The van der Waals surface area contributed by atoms with Gasteiger partial charge in [-0.25, -0.2) is 4.98 Å². The zero-order valence-corrected chi connectivity index (χ0v) is 7.63. The number of pyridine rings is 1. The van der Waals surface area contributed by atoms with Crippen molar-refractivity contribution >= 4 is 0 Å². The standard InChI is InChI=1S/C12H10NO/c1-2-6-11(7-3-1)10-14-12-8-4-5-9-13-12/h1-10H. The number of hydrogen-bond acceptors (Lipinski definition) is 2. The molecule has 2 rings (SSSR count).